The van der Waals surface area contributed by atoms with E-state index >= 15 is 0 Å². The lowest BCUT2D eigenvalue weighted by atomic mass is 10.1. The van der Waals surface area contributed by atoms with Crippen molar-refractivity contribution in [3.63, 3.8) is 0 Å². The van der Waals surface area contributed by atoms with Gasteiger partial charge in [0.05, 0.1) is 12.3 Å². The number of aromatic nitrogens is 2. The van der Waals surface area contributed by atoms with Gasteiger partial charge in [0.1, 0.15) is 17.6 Å². The van der Waals surface area contributed by atoms with Crippen LogP contribution in [0.2, 0.25) is 0 Å². The summed E-state index contributed by atoms with van der Waals surface area (Å²) in [6.45, 7) is 1.86. The summed E-state index contributed by atoms with van der Waals surface area (Å²) in [6.07, 6.45) is 7.80. The predicted octanol–water partition coefficient (Wildman–Crippen LogP) is 2.83. The van der Waals surface area contributed by atoms with Crippen LogP contribution in [0.25, 0.3) is 0 Å². The summed E-state index contributed by atoms with van der Waals surface area (Å²) in [5, 5.41) is 17.3. The number of rotatable bonds is 6. The van der Waals surface area contributed by atoms with Crippen molar-refractivity contribution in [2.75, 3.05) is 0 Å². The minimum Gasteiger partial charge on any atom is -0.467 e. The molecule has 2 heterocycles. The van der Waals surface area contributed by atoms with E-state index in [4.69, 9.17) is 4.42 Å². The normalized spacial score (nSPS) is 18.0. The molecule has 2 aromatic heterocycles. The van der Waals surface area contributed by atoms with Crippen LogP contribution in [-0.4, -0.2) is 26.8 Å². The van der Waals surface area contributed by atoms with Crippen LogP contribution in [0.5, 0.6) is 0 Å². The van der Waals surface area contributed by atoms with Gasteiger partial charge in [-0.05, 0) is 38.0 Å². The van der Waals surface area contributed by atoms with Crippen molar-refractivity contribution in [1.82, 2.24) is 15.1 Å². The Hall–Kier alpha value is -2.08. The molecular formula is C17H23N3O3. The van der Waals surface area contributed by atoms with Gasteiger partial charge in [-0.1, -0.05) is 12.8 Å². The second-order valence-corrected chi connectivity index (χ2v) is 6.26. The zero-order chi connectivity index (χ0) is 16.2. The third-order valence-electron chi connectivity index (χ3n) is 4.37. The largest absolute Gasteiger partial charge is 0.467 e. The smallest absolute Gasteiger partial charge is 0.271 e. The lowest BCUT2D eigenvalue weighted by molar-refractivity contribution is 0.0897. The summed E-state index contributed by atoms with van der Waals surface area (Å²) >= 11 is 0. The molecule has 2 unspecified atom stereocenters. The number of nitrogens with one attached hydrogen (secondary N) is 1. The highest BCUT2D eigenvalue weighted by Crippen LogP contribution is 2.28. The Morgan fingerprint density at radius 1 is 1.48 bits per heavy atom. The van der Waals surface area contributed by atoms with Crippen molar-refractivity contribution >= 4 is 5.91 Å². The average Bonchev–Trinajstić information content (AvgIpc) is 3.27. The van der Waals surface area contributed by atoms with Crippen LogP contribution < -0.4 is 5.32 Å². The third-order valence-corrected chi connectivity index (χ3v) is 4.37. The van der Waals surface area contributed by atoms with Crippen LogP contribution >= 0.6 is 0 Å². The molecule has 0 saturated heterocycles. The number of furan rings is 1. The lowest BCUT2D eigenvalue weighted by Gasteiger charge is -2.16. The Bertz CT molecular complexity index is 629. The molecule has 1 aliphatic rings. The molecule has 3 rings (SSSR count). The summed E-state index contributed by atoms with van der Waals surface area (Å²) in [5.74, 6) is 0.303. The minimum absolute atomic E-state index is 0.181. The molecule has 6 nitrogen and oxygen atoms in total. The van der Waals surface area contributed by atoms with E-state index in [0.717, 1.165) is 12.8 Å². The van der Waals surface area contributed by atoms with Crippen molar-refractivity contribution in [1.29, 1.82) is 0 Å². The number of aliphatic hydroxyl groups is 1. The fourth-order valence-electron chi connectivity index (χ4n) is 3.12. The maximum absolute atomic E-state index is 12.3. The van der Waals surface area contributed by atoms with Gasteiger partial charge in [-0.15, -0.1) is 0 Å². The van der Waals surface area contributed by atoms with Crippen molar-refractivity contribution < 1.29 is 14.3 Å². The zero-order valence-corrected chi connectivity index (χ0v) is 13.3. The highest BCUT2D eigenvalue weighted by molar-refractivity contribution is 5.92. The maximum atomic E-state index is 12.3. The molecule has 23 heavy (non-hydrogen) atoms. The Kier molecular flexibility index (Phi) is 4.81. The lowest BCUT2D eigenvalue weighted by Crippen LogP contribution is -2.34. The fourth-order valence-corrected chi connectivity index (χ4v) is 3.12. The van der Waals surface area contributed by atoms with E-state index in [-0.39, 0.29) is 11.9 Å². The van der Waals surface area contributed by atoms with Gasteiger partial charge in [0.2, 0.25) is 0 Å². The molecular weight excluding hydrogens is 294 g/mol. The van der Waals surface area contributed by atoms with Crippen molar-refractivity contribution in [3.05, 3.63) is 42.1 Å². The Morgan fingerprint density at radius 3 is 2.96 bits per heavy atom. The SMILES string of the molecule is CC(CC(O)c1ccco1)NC(=O)c1ccn(C2CCCC2)n1. The Labute approximate surface area is 135 Å². The molecule has 0 aliphatic heterocycles. The first-order chi connectivity index (χ1) is 11.1. The van der Waals surface area contributed by atoms with Crippen LogP contribution in [0.15, 0.2) is 35.1 Å². The quantitative estimate of drug-likeness (QED) is 0.858. The molecule has 1 amide bonds. The van der Waals surface area contributed by atoms with E-state index < -0.39 is 6.10 Å². The van der Waals surface area contributed by atoms with E-state index in [1.807, 2.05) is 17.8 Å². The van der Waals surface area contributed by atoms with Gasteiger partial charge in [0.15, 0.2) is 0 Å². The topological polar surface area (TPSA) is 80.3 Å². The first-order valence-electron chi connectivity index (χ1n) is 8.21. The van der Waals surface area contributed by atoms with Crippen molar-refractivity contribution in [3.8, 4) is 0 Å². The van der Waals surface area contributed by atoms with E-state index in [0.29, 0.717) is 23.9 Å². The van der Waals surface area contributed by atoms with Crippen molar-refractivity contribution in [2.24, 2.45) is 0 Å². The van der Waals surface area contributed by atoms with E-state index in [2.05, 4.69) is 10.4 Å². The summed E-state index contributed by atoms with van der Waals surface area (Å²) in [7, 11) is 0. The first kappa shape index (κ1) is 15.8. The summed E-state index contributed by atoms with van der Waals surface area (Å²) in [4.78, 5) is 12.3. The van der Waals surface area contributed by atoms with Gasteiger partial charge < -0.3 is 14.8 Å². The summed E-state index contributed by atoms with van der Waals surface area (Å²) < 4.78 is 7.07. The van der Waals surface area contributed by atoms with Crippen LogP contribution in [-0.2, 0) is 0 Å². The van der Waals surface area contributed by atoms with Crippen molar-refractivity contribution in [2.45, 2.75) is 57.2 Å². The highest BCUT2D eigenvalue weighted by Gasteiger charge is 2.21. The molecule has 0 bridgehead atoms. The van der Waals surface area contributed by atoms with E-state index in [1.165, 1.54) is 19.1 Å². The average molecular weight is 317 g/mol. The maximum Gasteiger partial charge on any atom is 0.271 e. The zero-order valence-electron chi connectivity index (χ0n) is 13.3. The molecule has 6 heteroatoms. The third kappa shape index (κ3) is 3.82. The molecule has 2 atom stereocenters. The fraction of sp³-hybridized carbons (Fsp3) is 0.529. The Balaban J connectivity index is 1.54. The number of nitrogens with zero attached hydrogens (tertiary/aromatic N) is 2. The molecule has 2 N–H and O–H groups in total. The van der Waals surface area contributed by atoms with Gasteiger partial charge in [-0.25, -0.2) is 0 Å². The number of hydrogen-bond acceptors (Lipinski definition) is 4. The minimum atomic E-state index is -0.726. The molecule has 1 fully saturated rings. The van der Waals surface area contributed by atoms with E-state index in [9.17, 15) is 9.90 Å². The van der Waals surface area contributed by atoms with Crippen LogP contribution in [0.4, 0.5) is 0 Å². The van der Waals surface area contributed by atoms with Crippen LogP contribution in [0.1, 0.15) is 67.4 Å². The van der Waals surface area contributed by atoms with Crippen LogP contribution in [0.3, 0.4) is 0 Å². The Morgan fingerprint density at radius 2 is 2.26 bits per heavy atom. The molecule has 0 aromatic carbocycles. The van der Waals surface area contributed by atoms with Gasteiger partial charge in [-0.3, -0.25) is 9.48 Å². The number of carbonyl (C=O) groups excluding carboxylic acids is 1. The summed E-state index contributed by atoms with van der Waals surface area (Å²) in [5.41, 5.74) is 0.427. The molecule has 124 valence electrons. The monoisotopic (exact) mass is 317 g/mol. The van der Waals surface area contributed by atoms with E-state index in [1.54, 1.807) is 18.2 Å². The second-order valence-electron chi connectivity index (χ2n) is 6.26. The number of carbonyl (C=O) groups is 1. The second kappa shape index (κ2) is 7.00. The van der Waals surface area contributed by atoms with Gasteiger partial charge in [0.25, 0.3) is 5.91 Å². The highest BCUT2D eigenvalue weighted by atomic mass is 16.4. The predicted molar refractivity (Wildman–Crippen MR) is 84.9 cm³/mol. The van der Waals surface area contributed by atoms with Gasteiger partial charge in [-0.2, -0.15) is 5.10 Å². The van der Waals surface area contributed by atoms with Crippen LogP contribution in [0, 0.1) is 0 Å². The van der Waals surface area contributed by atoms with Gasteiger partial charge >= 0.3 is 0 Å². The molecule has 1 aliphatic carbocycles. The first-order valence-corrected chi connectivity index (χ1v) is 8.21. The van der Waals surface area contributed by atoms with Gasteiger partial charge in [0, 0.05) is 18.7 Å². The molecule has 1 saturated carbocycles. The summed E-state index contributed by atoms with van der Waals surface area (Å²) in [6, 6.07) is 5.46. The number of hydrogen-bond donors (Lipinski definition) is 2. The standard InChI is InChI=1S/C17H23N3O3/c1-12(11-15(21)16-7-4-10-23-16)18-17(22)14-8-9-20(19-14)13-5-2-3-6-13/h4,7-10,12-13,15,21H,2-3,5-6,11H2,1H3,(H,18,22). The molecule has 0 radical (unpaired) electrons. The number of aliphatic hydroxyl groups excluding tert-OH is 1. The molecule has 2 aromatic rings. The number of amides is 1. The molecule has 0 spiro atoms.